The Morgan fingerprint density at radius 2 is 2.10 bits per heavy atom. The predicted molar refractivity (Wildman–Crippen MR) is 82.3 cm³/mol. The second-order valence-corrected chi connectivity index (χ2v) is 5.76. The van der Waals surface area contributed by atoms with Crippen molar-refractivity contribution in [2.24, 2.45) is 0 Å². The lowest BCUT2D eigenvalue weighted by Gasteiger charge is -2.27. The van der Waals surface area contributed by atoms with Gasteiger partial charge in [-0.25, -0.2) is 14.8 Å². The number of hydrogen-bond donors (Lipinski definition) is 1. The Morgan fingerprint density at radius 1 is 1.24 bits per heavy atom. The van der Waals surface area contributed by atoms with Gasteiger partial charge in [-0.15, -0.1) is 0 Å². The molecule has 0 spiro atoms. The van der Waals surface area contributed by atoms with Crippen molar-refractivity contribution in [3.8, 4) is 0 Å². The van der Waals surface area contributed by atoms with Gasteiger partial charge in [-0.3, -0.25) is 9.29 Å². The van der Waals surface area contributed by atoms with Crippen molar-refractivity contribution in [2.75, 3.05) is 18.0 Å². The highest BCUT2D eigenvalue weighted by Crippen LogP contribution is 2.20. The molecule has 0 atom stereocenters. The first-order valence-electron chi connectivity index (χ1n) is 6.99. The van der Waals surface area contributed by atoms with E-state index >= 15 is 0 Å². The summed E-state index contributed by atoms with van der Waals surface area (Å²) in [6.45, 7) is 2.16. The molecule has 0 radical (unpaired) electrons. The van der Waals surface area contributed by atoms with Crippen molar-refractivity contribution in [1.29, 1.82) is 0 Å². The molecule has 2 aromatic heterocycles. The van der Waals surface area contributed by atoms with E-state index in [1.807, 2.05) is 12.1 Å². The molecule has 1 amide bonds. The fraction of sp³-hybridized carbons (Fsp3) is 0.357. The Kier molecular flexibility index (Phi) is 4.40. The number of pyridine rings is 1. The maximum atomic E-state index is 11.8. The van der Waals surface area contributed by atoms with E-state index in [-0.39, 0.29) is 6.03 Å². The minimum absolute atomic E-state index is 0.224. The van der Waals surface area contributed by atoms with E-state index in [0.29, 0.717) is 0 Å². The van der Waals surface area contributed by atoms with Crippen LogP contribution in [-0.4, -0.2) is 33.7 Å². The third kappa shape index (κ3) is 3.55. The number of carbonyl (C=O) groups excluding carboxylic acids is 1. The number of anilines is 1. The van der Waals surface area contributed by atoms with Crippen molar-refractivity contribution in [3.05, 3.63) is 37.1 Å². The van der Waals surface area contributed by atoms with Gasteiger partial charge in [-0.2, -0.15) is 0 Å². The van der Waals surface area contributed by atoms with Gasteiger partial charge in [0.25, 0.3) is 0 Å². The fourth-order valence-corrected chi connectivity index (χ4v) is 2.83. The number of imidazole rings is 1. The molecular formula is C14H17N5OS. The quantitative estimate of drug-likeness (QED) is 0.883. The van der Waals surface area contributed by atoms with Crippen LogP contribution in [0.2, 0.25) is 0 Å². The highest BCUT2D eigenvalue weighted by atomic mass is 32.2. The highest BCUT2D eigenvalue weighted by molar-refractivity contribution is 7.98. The molecule has 6 nitrogen and oxygen atoms in total. The molecule has 0 aromatic carbocycles. The van der Waals surface area contributed by atoms with Gasteiger partial charge in [-0.05, 0) is 43.3 Å². The molecule has 3 rings (SSSR count). The molecule has 0 aliphatic carbocycles. The zero-order valence-electron chi connectivity index (χ0n) is 11.6. The van der Waals surface area contributed by atoms with Crippen LogP contribution in [0.3, 0.4) is 0 Å². The zero-order valence-corrected chi connectivity index (χ0v) is 12.4. The van der Waals surface area contributed by atoms with Crippen molar-refractivity contribution in [3.63, 3.8) is 0 Å². The van der Waals surface area contributed by atoms with Crippen molar-refractivity contribution >= 4 is 23.8 Å². The van der Waals surface area contributed by atoms with E-state index in [4.69, 9.17) is 0 Å². The Labute approximate surface area is 127 Å². The van der Waals surface area contributed by atoms with Crippen LogP contribution in [0.1, 0.15) is 19.3 Å². The van der Waals surface area contributed by atoms with Crippen LogP contribution in [0.25, 0.3) is 0 Å². The van der Waals surface area contributed by atoms with Crippen LogP contribution in [0.4, 0.5) is 10.6 Å². The van der Waals surface area contributed by atoms with Crippen LogP contribution in [0.15, 0.2) is 41.9 Å². The van der Waals surface area contributed by atoms with Gasteiger partial charge in [0.1, 0.15) is 12.1 Å². The summed E-state index contributed by atoms with van der Waals surface area (Å²) in [5.74, 6) is 1.01. The van der Waals surface area contributed by atoms with Gasteiger partial charge in [-0.1, -0.05) is 0 Å². The van der Waals surface area contributed by atoms with E-state index in [1.165, 1.54) is 42.1 Å². The van der Waals surface area contributed by atoms with Crippen LogP contribution in [0.5, 0.6) is 0 Å². The summed E-state index contributed by atoms with van der Waals surface area (Å²) < 4.78 is 4.14. The summed E-state index contributed by atoms with van der Waals surface area (Å²) in [5, 5.41) is 0. The van der Waals surface area contributed by atoms with Crippen molar-refractivity contribution < 1.29 is 4.79 Å². The average Bonchev–Trinajstić information content (AvgIpc) is 3.08. The summed E-state index contributed by atoms with van der Waals surface area (Å²) in [7, 11) is 0. The summed E-state index contributed by atoms with van der Waals surface area (Å²) in [6, 6.07) is 3.77. The minimum atomic E-state index is -0.224. The molecule has 0 unspecified atom stereocenters. The number of nitrogens with zero attached hydrogens (tertiary/aromatic N) is 4. The number of piperidine rings is 1. The third-order valence-corrected chi connectivity index (χ3v) is 4.15. The Hall–Kier alpha value is -2.02. The molecule has 7 heteroatoms. The number of amides is 1. The average molecular weight is 303 g/mol. The summed E-state index contributed by atoms with van der Waals surface area (Å²) >= 11 is 1.25. The second kappa shape index (κ2) is 6.62. The lowest BCUT2D eigenvalue weighted by Crippen LogP contribution is -2.30. The molecule has 1 aliphatic rings. The number of rotatable bonds is 3. The van der Waals surface area contributed by atoms with E-state index in [1.54, 1.807) is 18.6 Å². The molecule has 0 saturated carbocycles. The van der Waals surface area contributed by atoms with Gasteiger partial charge in [0, 0.05) is 36.6 Å². The maximum absolute atomic E-state index is 11.8. The van der Waals surface area contributed by atoms with E-state index in [0.717, 1.165) is 23.8 Å². The SMILES string of the molecule is O=C(NSc1ccc(N2CCCCC2)nc1)n1ccnc1. The number of carbonyl (C=O) groups is 1. The molecule has 1 saturated heterocycles. The molecule has 2 aromatic rings. The molecule has 110 valence electrons. The summed E-state index contributed by atoms with van der Waals surface area (Å²) in [4.78, 5) is 23.3. The molecule has 0 bridgehead atoms. The van der Waals surface area contributed by atoms with Crippen molar-refractivity contribution in [2.45, 2.75) is 24.2 Å². The first kappa shape index (κ1) is 13.9. The number of nitrogens with one attached hydrogen (secondary N) is 1. The lowest BCUT2D eigenvalue weighted by atomic mass is 10.1. The monoisotopic (exact) mass is 303 g/mol. The molecule has 3 heterocycles. The first-order chi connectivity index (χ1) is 10.3. The predicted octanol–water partition coefficient (Wildman–Crippen LogP) is 2.53. The van der Waals surface area contributed by atoms with Gasteiger partial charge < -0.3 is 4.90 Å². The second-order valence-electron chi connectivity index (χ2n) is 4.88. The van der Waals surface area contributed by atoms with Crippen molar-refractivity contribution in [1.82, 2.24) is 19.3 Å². The van der Waals surface area contributed by atoms with E-state index in [2.05, 4.69) is 19.6 Å². The minimum Gasteiger partial charge on any atom is -0.357 e. The van der Waals surface area contributed by atoms with Crippen LogP contribution >= 0.6 is 11.9 Å². The lowest BCUT2D eigenvalue weighted by molar-refractivity contribution is 0.248. The standard InChI is InChI=1S/C14H17N5OS/c20-14(19-9-6-15-11-19)17-21-12-4-5-13(16-10-12)18-7-2-1-3-8-18/h4-6,9-11H,1-3,7-8H2,(H,17,20). The van der Waals surface area contributed by atoms with Crippen LogP contribution in [-0.2, 0) is 0 Å². The summed E-state index contributed by atoms with van der Waals surface area (Å²) in [5.41, 5.74) is 0. The fourth-order valence-electron chi connectivity index (χ4n) is 2.28. The smallest absolute Gasteiger partial charge is 0.337 e. The Bertz CT molecular complexity index is 578. The van der Waals surface area contributed by atoms with E-state index < -0.39 is 0 Å². The Balaban J connectivity index is 1.55. The summed E-state index contributed by atoms with van der Waals surface area (Å²) in [6.07, 6.45) is 10.2. The highest BCUT2D eigenvalue weighted by Gasteiger charge is 2.12. The maximum Gasteiger partial charge on any atom is 0.337 e. The molecule has 1 aliphatic heterocycles. The van der Waals surface area contributed by atoms with Gasteiger partial charge >= 0.3 is 6.03 Å². The van der Waals surface area contributed by atoms with Gasteiger partial charge in [0.15, 0.2) is 0 Å². The number of hydrogen-bond acceptors (Lipinski definition) is 5. The molecular weight excluding hydrogens is 286 g/mol. The molecule has 1 fully saturated rings. The largest absolute Gasteiger partial charge is 0.357 e. The number of aromatic nitrogens is 3. The van der Waals surface area contributed by atoms with Gasteiger partial charge in [0.2, 0.25) is 0 Å². The topological polar surface area (TPSA) is 63.1 Å². The van der Waals surface area contributed by atoms with Gasteiger partial charge in [0.05, 0.1) is 0 Å². The first-order valence-corrected chi connectivity index (χ1v) is 7.81. The van der Waals surface area contributed by atoms with Crippen LogP contribution < -0.4 is 9.62 Å². The van der Waals surface area contributed by atoms with E-state index in [9.17, 15) is 4.79 Å². The normalized spacial score (nSPS) is 15.0. The molecule has 21 heavy (non-hydrogen) atoms. The van der Waals surface area contributed by atoms with Crippen LogP contribution in [0, 0.1) is 0 Å². The molecule has 1 N–H and O–H groups in total. The Morgan fingerprint density at radius 3 is 2.76 bits per heavy atom. The third-order valence-electron chi connectivity index (χ3n) is 3.40. The zero-order chi connectivity index (χ0) is 14.5.